The van der Waals surface area contributed by atoms with E-state index in [1.807, 2.05) is 6.92 Å². The van der Waals surface area contributed by atoms with Crippen LogP contribution in [-0.4, -0.2) is 42.5 Å². The minimum absolute atomic E-state index is 0.246. The molecular formula is C22H24N2O4S. The lowest BCUT2D eigenvalue weighted by Crippen LogP contribution is -2.08. The van der Waals surface area contributed by atoms with E-state index in [1.54, 1.807) is 18.2 Å². The van der Waals surface area contributed by atoms with Crippen LogP contribution in [0.15, 0.2) is 35.5 Å². The Kier molecular flexibility index (Phi) is 6.59. The van der Waals surface area contributed by atoms with Crippen molar-refractivity contribution in [3.63, 3.8) is 0 Å². The molecule has 3 rings (SSSR count). The van der Waals surface area contributed by atoms with Crippen LogP contribution in [0.4, 0.5) is 0 Å². The average molecular weight is 413 g/mol. The fraction of sp³-hybridized carbons (Fsp3) is 0.318. The fourth-order valence-corrected chi connectivity index (χ4v) is 3.57. The molecule has 29 heavy (non-hydrogen) atoms. The van der Waals surface area contributed by atoms with Crippen LogP contribution in [0.1, 0.15) is 27.2 Å². The first-order valence-corrected chi connectivity index (χ1v) is 10.2. The van der Waals surface area contributed by atoms with Crippen molar-refractivity contribution in [1.82, 2.24) is 9.97 Å². The number of aromatic nitrogens is 2. The van der Waals surface area contributed by atoms with E-state index in [1.165, 1.54) is 37.1 Å². The van der Waals surface area contributed by atoms with E-state index in [-0.39, 0.29) is 6.61 Å². The second-order valence-electron chi connectivity index (χ2n) is 6.63. The molecule has 0 saturated carbocycles. The Morgan fingerprint density at radius 1 is 0.931 bits per heavy atom. The van der Waals surface area contributed by atoms with E-state index in [0.29, 0.717) is 28.0 Å². The summed E-state index contributed by atoms with van der Waals surface area (Å²) >= 11 is 1.46. The van der Waals surface area contributed by atoms with Crippen LogP contribution >= 0.6 is 11.8 Å². The summed E-state index contributed by atoms with van der Waals surface area (Å²) in [6, 6.07) is 9.16. The van der Waals surface area contributed by atoms with Crippen molar-refractivity contribution < 1.29 is 19.0 Å². The normalized spacial score (nSPS) is 10.8. The largest absolute Gasteiger partial charge is 0.497 e. The SMILES string of the molecule is COc1cc(OC)cc(C(=O)OCCSc2nc(C)c3cc(C)c(C)cc3n2)c1. The fourth-order valence-electron chi connectivity index (χ4n) is 2.86. The monoisotopic (exact) mass is 412 g/mol. The highest BCUT2D eigenvalue weighted by molar-refractivity contribution is 7.99. The first-order chi connectivity index (χ1) is 13.9. The number of nitrogens with zero attached hydrogens (tertiary/aromatic N) is 2. The van der Waals surface area contributed by atoms with Gasteiger partial charge in [0.15, 0.2) is 5.16 Å². The summed E-state index contributed by atoms with van der Waals surface area (Å²) in [7, 11) is 3.07. The molecule has 0 saturated heterocycles. The smallest absolute Gasteiger partial charge is 0.338 e. The van der Waals surface area contributed by atoms with Crippen molar-refractivity contribution in [1.29, 1.82) is 0 Å². The van der Waals surface area contributed by atoms with Crippen LogP contribution in [0.2, 0.25) is 0 Å². The molecular weight excluding hydrogens is 388 g/mol. The van der Waals surface area contributed by atoms with E-state index in [4.69, 9.17) is 14.2 Å². The van der Waals surface area contributed by atoms with Gasteiger partial charge in [0.2, 0.25) is 0 Å². The number of fused-ring (bicyclic) bond motifs is 1. The molecule has 152 valence electrons. The zero-order chi connectivity index (χ0) is 21.0. The predicted octanol–water partition coefficient (Wildman–Crippen LogP) is 4.52. The first-order valence-electron chi connectivity index (χ1n) is 9.20. The number of ether oxygens (including phenoxy) is 3. The predicted molar refractivity (Wildman–Crippen MR) is 114 cm³/mol. The molecule has 1 heterocycles. The molecule has 0 N–H and O–H groups in total. The summed E-state index contributed by atoms with van der Waals surface area (Å²) in [5.41, 5.74) is 4.69. The summed E-state index contributed by atoms with van der Waals surface area (Å²) in [6.07, 6.45) is 0. The number of hydrogen-bond donors (Lipinski definition) is 0. The lowest BCUT2D eigenvalue weighted by atomic mass is 10.1. The zero-order valence-corrected chi connectivity index (χ0v) is 18.1. The maximum absolute atomic E-state index is 12.3. The maximum atomic E-state index is 12.3. The molecule has 0 atom stereocenters. The number of thioether (sulfide) groups is 1. The topological polar surface area (TPSA) is 70.5 Å². The van der Waals surface area contributed by atoms with Gasteiger partial charge in [0.05, 0.1) is 25.3 Å². The summed E-state index contributed by atoms with van der Waals surface area (Å²) in [6.45, 7) is 6.39. The van der Waals surface area contributed by atoms with Crippen molar-refractivity contribution in [2.24, 2.45) is 0 Å². The molecule has 2 aromatic carbocycles. The Hall–Kier alpha value is -2.80. The molecule has 0 aliphatic heterocycles. The molecule has 0 aliphatic carbocycles. The van der Waals surface area contributed by atoms with Crippen LogP contribution < -0.4 is 9.47 Å². The minimum atomic E-state index is -0.426. The molecule has 7 heteroatoms. The van der Waals surface area contributed by atoms with Gasteiger partial charge in [-0.15, -0.1) is 0 Å². The Morgan fingerprint density at radius 2 is 1.59 bits per heavy atom. The number of carbonyl (C=O) groups excluding carboxylic acids is 1. The average Bonchev–Trinajstić information content (AvgIpc) is 2.72. The lowest BCUT2D eigenvalue weighted by molar-refractivity contribution is 0.0529. The van der Waals surface area contributed by atoms with Gasteiger partial charge in [0.25, 0.3) is 0 Å². The van der Waals surface area contributed by atoms with Crippen molar-refractivity contribution in [2.75, 3.05) is 26.6 Å². The van der Waals surface area contributed by atoms with Gasteiger partial charge < -0.3 is 14.2 Å². The highest BCUT2D eigenvalue weighted by atomic mass is 32.2. The molecule has 1 aromatic heterocycles. The third kappa shape index (κ3) is 4.98. The van der Waals surface area contributed by atoms with Crippen molar-refractivity contribution in [3.05, 3.63) is 52.7 Å². The summed E-state index contributed by atoms with van der Waals surface area (Å²) in [5, 5.41) is 1.74. The van der Waals surface area contributed by atoms with E-state index < -0.39 is 5.97 Å². The number of rotatable bonds is 7. The standard InChI is InChI=1S/C22H24N2O4S/c1-13-8-19-15(3)23-22(24-20(19)9-14(13)2)29-7-6-28-21(25)16-10-17(26-4)12-18(11-16)27-5/h8-12H,6-7H2,1-5H3. The van der Waals surface area contributed by atoms with Crippen LogP contribution in [-0.2, 0) is 4.74 Å². The van der Waals surface area contributed by atoms with Crippen LogP contribution in [0.25, 0.3) is 10.9 Å². The Bertz CT molecular complexity index is 1030. The summed E-state index contributed by atoms with van der Waals surface area (Å²) in [5.74, 6) is 1.21. The van der Waals surface area contributed by atoms with E-state index >= 15 is 0 Å². The van der Waals surface area contributed by atoms with Gasteiger partial charge in [-0.2, -0.15) is 0 Å². The number of benzene rings is 2. The first kappa shape index (κ1) is 20.9. The highest BCUT2D eigenvalue weighted by Crippen LogP contribution is 2.25. The molecule has 0 unspecified atom stereocenters. The van der Waals surface area contributed by atoms with E-state index in [2.05, 4.69) is 35.9 Å². The molecule has 0 aliphatic rings. The third-order valence-electron chi connectivity index (χ3n) is 4.62. The van der Waals surface area contributed by atoms with Crippen molar-refractivity contribution in [3.8, 4) is 11.5 Å². The number of hydrogen-bond acceptors (Lipinski definition) is 7. The molecule has 0 radical (unpaired) electrons. The van der Waals surface area contributed by atoms with Gasteiger partial charge in [-0.3, -0.25) is 0 Å². The van der Waals surface area contributed by atoms with E-state index in [9.17, 15) is 4.79 Å². The Labute approximate surface area is 174 Å². The second kappa shape index (κ2) is 9.13. The Balaban J connectivity index is 1.62. The number of methoxy groups -OCH3 is 2. The zero-order valence-electron chi connectivity index (χ0n) is 17.2. The number of aryl methyl sites for hydroxylation is 3. The van der Waals surface area contributed by atoms with Crippen molar-refractivity contribution in [2.45, 2.75) is 25.9 Å². The van der Waals surface area contributed by atoms with E-state index in [0.717, 1.165) is 16.6 Å². The molecule has 3 aromatic rings. The maximum Gasteiger partial charge on any atom is 0.338 e. The second-order valence-corrected chi connectivity index (χ2v) is 7.69. The molecule has 6 nitrogen and oxygen atoms in total. The number of esters is 1. The van der Waals surface area contributed by atoms with Crippen LogP contribution in [0, 0.1) is 20.8 Å². The van der Waals surface area contributed by atoms with Gasteiger partial charge in [-0.25, -0.2) is 14.8 Å². The molecule has 0 fully saturated rings. The summed E-state index contributed by atoms with van der Waals surface area (Å²) < 4.78 is 15.7. The molecule has 0 amide bonds. The van der Waals surface area contributed by atoms with Gasteiger partial charge in [-0.05, 0) is 56.2 Å². The van der Waals surface area contributed by atoms with Gasteiger partial charge in [0, 0.05) is 22.9 Å². The quantitative estimate of drug-likeness (QED) is 0.244. The third-order valence-corrected chi connectivity index (χ3v) is 5.43. The molecule has 0 bridgehead atoms. The van der Waals surface area contributed by atoms with Gasteiger partial charge in [-0.1, -0.05) is 11.8 Å². The molecule has 0 spiro atoms. The summed E-state index contributed by atoms with van der Waals surface area (Å²) in [4.78, 5) is 21.5. The van der Waals surface area contributed by atoms with Gasteiger partial charge >= 0.3 is 5.97 Å². The Morgan fingerprint density at radius 3 is 2.24 bits per heavy atom. The van der Waals surface area contributed by atoms with Crippen LogP contribution in [0.3, 0.4) is 0 Å². The van der Waals surface area contributed by atoms with Gasteiger partial charge in [0.1, 0.15) is 18.1 Å². The van der Waals surface area contributed by atoms with Crippen molar-refractivity contribution >= 4 is 28.6 Å². The minimum Gasteiger partial charge on any atom is -0.497 e. The van der Waals surface area contributed by atoms with Crippen LogP contribution in [0.5, 0.6) is 11.5 Å². The highest BCUT2D eigenvalue weighted by Gasteiger charge is 2.12. The lowest BCUT2D eigenvalue weighted by Gasteiger charge is -2.09. The number of carbonyl (C=O) groups is 1.